The molecule has 3 aliphatic rings. The number of amides is 1. The van der Waals surface area contributed by atoms with E-state index in [1.165, 1.54) is 5.56 Å². The highest BCUT2D eigenvalue weighted by molar-refractivity contribution is 5.88. The van der Waals surface area contributed by atoms with Gasteiger partial charge < -0.3 is 10.0 Å². The van der Waals surface area contributed by atoms with E-state index >= 15 is 0 Å². The average molecular weight is 410 g/mol. The number of hydrogen-bond donors (Lipinski definition) is 1. The Morgan fingerprint density at radius 1 is 1.10 bits per heavy atom. The van der Waals surface area contributed by atoms with Crippen LogP contribution in [-0.2, 0) is 4.79 Å². The van der Waals surface area contributed by atoms with Crippen LogP contribution in [-0.4, -0.2) is 34.0 Å². The van der Waals surface area contributed by atoms with Crippen molar-refractivity contribution < 1.29 is 14.7 Å². The number of carboxylic acid groups (broad SMARTS) is 1. The Morgan fingerprint density at radius 2 is 1.80 bits per heavy atom. The van der Waals surface area contributed by atoms with Crippen LogP contribution in [0.2, 0.25) is 0 Å². The summed E-state index contributed by atoms with van der Waals surface area (Å²) in [4.78, 5) is 27.0. The first-order valence-corrected chi connectivity index (χ1v) is 11.5. The van der Waals surface area contributed by atoms with Crippen LogP contribution < -0.4 is 0 Å². The number of carbonyl (C=O) groups excluding carboxylic acids is 1. The number of benzene rings is 1. The predicted molar refractivity (Wildman–Crippen MR) is 119 cm³/mol. The Morgan fingerprint density at radius 3 is 2.43 bits per heavy atom. The van der Waals surface area contributed by atoms with Crippen molar-refractivity contribution in [1.82, 2.24) is 4.90 Å². The van der Waals surface area contributed by atoms with Crippen LogP contribution in [0.25, 0.3) is 6.08 Å². The largest absolute Gasteiger partial charge is 0.478 e. The highest BCUT2D eigenvalue weighted by Crippen LogP contribution is 2.62. The zero-order valence-corrected chi connectivity index (χ0v) is 18.9. The lowest BCUT2D eigenvalue weighted by Gasteiger charge is -2.50. The molecule has 1 aromatic rings. The molecule has 2 fully saturated rings. The van der Waals surface area contributed by atoms with Gasteiger partial charge >= 0.3 is 5.97 Å². The lowest BCUT2D eigenvalue weighted by molar-refractivity contribution is -0.144. The summed E-state index contributed by atoms with van der Waals surface area (Å²) >= 11 is 0. The standard InChI is InChI=1S/C26H35NO3/c1-15(2)27(16(3)4)24(28)23-11-10-22-21-9-6-17-14-18(25(29)30)7-8-19(17)20(21)12-13-26(22,23)5/h6-9,14-16,20-23H,10-13H2,1-5H3,(H,29,30)/t20-,21-,22+,23-,26+/m1/s1. The van der Waals surface area contributed by atoms with Crippen LogP contribution in [0.4, 0.5) is 0 Å². The molecule has 0 spiro atoms. The molecule has 3 aliphatic carbocycles. The van der Waals surface area contributed by atoms with Crippen LogP contribution >= 0.6 is 0 Å². The second-order valence-electron chi connectivity index (χ2n) is 10.4. The smallest absolute Gasteiger partial charge is 0.335 e. The summed E-state index contributed by atoms with van der Waals surface area (Å²) in [6, 6.07) is 6.03. The molecule has 1 amide bonds. The molecule has 4 rings (SSSR count). The molecule has 0 heterocycles. The Bertz CT molecular complexity index is 878. The number of allylic oxidation sites excluding steroid dienone is 1. The van der Waals surface area contributed by atoms with E-state index in [4.69, 9.17) is 0 Å². The summed E-state index contributed by atoms with van der Waals surface area (Å²) in [5, 5.41) is 9.32. The molecule has 0 saturated heterocycles. The van der Waals surface area contributed by atoms with Crippen molar-refractivity contribution in [2.75, 3.05) is 0 Å². The number of carbonyl (C=O) groups is 2. The first-order chi connectivity index (χ1) is 14.1. The van der Waals surface area contributed by atoms with E-state index in [-0.39, 0.29) is 23.4 Å². The fourth-order valence-electron chi connectivity index (χ4n) is 6.92. The highest BCUT2D eigenvalue weighted by atomic mass is 16.4. The molecule has 0 radical (unpaired) electrons. The lowest BCUT2D eigenvalue weighted by Crippen LogP contribution is -2.50. The van der Waals surface area contributed by atoms with E-state index in [2.05, 4.69) is 51.7 Å². The summed E-state index contributed by atoms with van der Waals surface area (Å²) in [6.07, 6.45) is 8.65. The van der Waals surface area contributed by atoms with Gasteiger partial charge in [0.15, 0.2) is 0 Å². The van der Waals surface area contributed by atoms with Crippen LogP contribution in [0, 0.1) is 23.2 Å². The molecule has 1 aromatic carbocycles. The molecule has 4 heteroatoms. The van der Waals surface area contributed by atoms with Crippen molar-refractivity contribution in [1.29, 1.82) is 0 Å². The first-order valence-electron chi connectivity index (χ1n) is 11.5. The maximum absolute atomic E-state index is 13.6. The van der Waals surface area contributed by atoms with Gasteiger partial charge in [0, 0.05) is 18.0 Å². The zero-order chi connectivity index (χ0) is 21.8. The van der Waals surface area contributed by atoms with Crippen molar-refractivity contribution >= 4 is 18.0 Å². The summed E-state index contributed by atoms with van der Waals surface area (Å²) in [5.74, 6) is 0.964. The average Bonchev–Trinajstić information content (AvgIpc) is 3.03. The Kier molecular flexibility index (Phi) is 5.32. The van der Waals surface area contributed by atoms with Gasteiger partial charge in [0.1, 0.15) is 0 Å². The summed E-state index contributed by atoms with van der Waals surface area (Å²) in [5.41, 5.74) is 2.74. The third-order valence-corrected chi connectivity index (χ3v) is 8.23. The van der Waals surface area contributed by atoms with Gasteiger partial charge in [-0.05, 0) is 99.8 Å². The van der Waals surface area contributed by atoms with Gasteiger partial charge in [0.25, 0.3) is 0 Å². The molecule has 4 nitrogen and oxygen atoms in total. The van der Waals surface area contributed by atoms with Gasteiger partial charge in [0.2, 0.25) is 5.91 Å². The Hall–Kier alpha value is -2.10. The molecule has 30 heavy (non-hydrogen) atoms. The molecule has 0 aromatic heterocycles. The molecular weight excluding hydrogens is 374 g/mol. The molecule has 5 atom stereocenters. The predicted octanol–water partition coefficient (Wildman–Crippen LogP) is 5.58. The van der Waals surface area contributed by atoms with Crippen LogP contribution in [0.1, 0.15) is 87.7 Å². The minimum Gasteiger partial charge on any atom is -0.478 e. The van der Waals surface area contributed by atoms with Crippen molar-refractivity contribution in [3.8, 4) is 0 Å². The molecule has 1 N–H and O–H groups in total. The van der Waals surface area contributed by atoms with Crippen LogP contribution in [0.5, 0.6) is 0 Å². The monoisotopic (exact) mass is 409 g/mol. The second-order valence-corrected chi connectivity index (χ2v) is 10.4. The second kappa shape index (κ2) is 7.55. The van der Waals surface area contributed by atoms with E-state index in [0.29, 0.717) is 29.2 Å². The fourth-order valence-corrected chi connectivity index (χ4v) is 6.92. The highest BCUT2D eigenvalue weighted by Gasteiger charge is 2.56. The molecule has 0 unspecified atom stereocenters. The summed E-state index contributed by atoms with van der Waals surface area (Å²) in [6.45, 7) is 10.8. The number of carboxylic acids is 1. The van der Waals surface area contributed by atoms with Gasteiger partial charge in [-0.25, -0.2) is 4.79 Å². The number of fused-ring (bicyclic) bond motifs is 5. The van der Waals surface area contributed by atoms with Gasteiger partial charge in [-0.1, -0.05) is 25.1 Å². The summed E-state index contributed by atoms with van der Waals surface area (Å²) < 4.78 is 0. The van der Waals surface area contributed by atoms with Gasteiger partial charge in [-0.3, -0.25) is 4.79 Å². The molecule has 162 valence electrons. The Labute approximate surface area is 180 Å². The number of hydrogen-bond acceptors (Lipinski definition) is 2. The Balaban J connectivity index is 1.62. The first kappa shape index (κ1) is 21.1. The van der Waals surface area contributed by atoms with Crippen LogP contribution in [0.15, 0.2) is 24.3 Å². The topological polar surface area (TPSA) is 57.6 Å². The van der Waals surface area contributed by atoms with Gasteiger partial charge in [0.05, 0.1) is 5.56 Å². The molecule has 0 bridgehead atoms. The maximum Gasteiger partial charge on any atom is 0.335 e. The minimum absolute atomic E-state index is 0.0448. The van der Waals surface area contributed by atoms with E-state index in [9.17, 15) is 14.7 Å². The van der Waals surface area contributed by atoms with E-state index in [0.717, 1.165) is 31.2 Å². The third kappa shape index (κ3) is 3.19. The fraction of sp³-hybridized carbons (Fsp3) is 0.615. The maximum atomic E-state index is 13.6. The summed E-state index contributed by atoms with van der Waals surface area (Å²) in [7, 11) is 0. The number of nitrogens with zero attached hydrogens (tertiary/aromatic N) is 1. The number of aromatic carboxylic acids is 1. The third-order valence-electron chi connectivity index (χ3n) is 8.23. The molecule has 0 aliphatic heterocycles. The van der Waals surface area contributed by atoms with Crippen molar-refractivity contribution in [2.24, 2.45) is 23.2 Å². The SMILES string of the molecule is CC(C)N(C(=O)[C@H]1CC[C@H]2[C@@H]3C=Cc4cc(C(=O)O)ccc4[C@H]3CC[C@]12C)C(C)C. The minimum atomic E-state index is -0.874. The number of rotatable bonds is 4. The van der Waals surface area contributed by atoms with E-state index in [1.807, 2.05) is 12.1 Å². The lowest BCUT2D eigenvalue weighted by atomic mass is 9.55. The van der Waals surface area contributed by atoms with Crippen molar-refractivity contribution in [2.45, 2.75) is 78.3 Å². The van der Waals surface area contributed by atoms with Gasteiger partial charge in [-0.15, -0.1) is 0 Å². The zero-order valence-electron chi connectivity index (χ0n) is 18.9. The normalized spacial score (nSPS) is 32.0. The van der Waals surface area contributed by atoms with E-state index in [1.54, 1.807) is 6.07 Å². The molecule has 2 saturated carbocycles. The molecular formula is C26H35NO3. The van der Waals surface area contributed by atoms with Crippen molar-refractivity contribution in [3.05, 3.63) is 41.0 Å². The van der Waals surface area contributed by atoms with Gasteiger partial charge in [-0.2, -0.15) is 0 Å². The van der Waals surface area contributed by atoms with Crippen molar-refractivity contribution in [3.63, 3.8) is 0 Å². The van der Waals surface area contributed by atoms with Crippen LogP contribution in [0.3, 0.4) is 0 Å². The quantitative estimate of drug-likeness (QED) is 0.706. The van der Waals surface area contributed by atoms with E-state index < -0.39 is 5.97 Å².